The van der Waals surface area contributed by atoms with E-state index in [0.29, 0.717) is 11.7 Å². The monoisotopic (exact) mass is 403 g/mol. The molecule has 0 aliphatic carbocycles. The lowest BCUT2D eigenvalue weighted by Crippen LogP contribution is -2.30. The maximum absolute atomic E-state index is 12.8. The number of carbonyl (C=O) groups is 1. The van der Waals surface area contributed by atoms with Crippen LogP contribution in [0.3, 0.4) is 0 Å². The topological polar surface area (TPSA) is 81.9 Å². The lowest BCUT2D eigenvalue weighted by atomic mass is 10.1. The molecule has 2 aromatic heterocycles. The molecule has 0 saturated heterocycles. The van der Waals surface area contributed by atoms with Gasteiger partial charge in [-0.15, -0.1) is 16.4 Å². The first-order valence-electron chi connectivity index (χ1n) is 8.47. The molecule has 2 heterocycles. The molecule has 0 aliphatic rings. The summed E-state index contributed by atoms with van der Waals surface area (Å²) >= 11 is 3.03. The summed E-state index contributed by atoms with van der Waals surface area (Å²) in [5.41, 5.74) is 0.727. The van der Waals surface area contributed by atoms with Crippen molar-refractivity contribution in [1.82, 2.24) is 20.2 Å². The second-order valence-corrected chi connectivity index (χ2v) is 8.34. The quantitative estimate of drug-likeness (QED) is 0.579. The van der Waals surface area contributed by atoms with Gasteiger partial charge in [-0.3, -0.25) is 4.79 Å². The summed E-state index contributed by atoms with van der Waals surface area (Å²) in [6.07, 6.45) is 0. The van der Waals surface area contributed by atoms with Gasteiger partial charge in [0.05, 0.1) is 18.9 Å². The third-order valence-corrected chi connectivity index (χ3v) is 6.22. The van der Waals surface area contributed by atoms with E-state index in [1.807, 2.05) is 55.6 Å². The molecule has 1 aromatic carbocycles. The van der Waals surface area contributed by atoms with E-state index in [1.165, 1.54) is 11.8 Å². The lowest BCUT2D eigenvalue weighted by Gasteiger charge is -2.19. The molecule has 1 N–H and O–H groups in total. The zero-order chi connectivity index (χ0) is 19.2. The van der Waals surface area contributed by atoms with E-state index in [4.69, 9.17) is 4.74 Å². The maximum atomic E-state index is 12.8. The van der Waals surface area contributed by atoms with Crippen molar-refractivity contribution >= 4 is 34.7 Å². The molecule has 7 nitrogen and oxygen atoms in total. The standard InChI is InChI=1S/C18H21N5O2S2/c1-12(2)16(17(24)19-13-6-8-14(25-3)9-7-13)27-18-20-21-22-23(18)11-15-5-4-10-26-15/h4-10,12,16H,11H2,1-3H3,(H,19,24). The molecule has 0 saturated carbocycles. The third kappa shape index (κ3) is 5.08. The molecule has 3 aromatic rings. The number of ether oxygens (including phenoxy) is 1. The van der Waals surface area contributed by atoms with Crippen LogP contribution in [0, 0.1) is 5.92 Å². The average Bonchev–Trinajstić information content (AvgIpc) is 3.32. The fourth-order valence-electron chi connectivity index (χ4n) is 2.42. The van der Waals surface area contributed by atoms with Gasteiger partial charge in [0.15, 0.2) is 0 Å². The zero-order valence-electron chi connectivity index (χ0n) is 15.3. The van der Waals surface area contributed by atoms with Crippen LogP contribution in [-0.2, 0) is 11.3 Å². The molecule has 27 heavy (non-hydrogen) atoms. The number of benzene rings is 1. The molecule has 142 valence electrons. The van der Waals surface area contributed by atoms with E-state index in [2.05, 4.69) is 20.8 Å². The van der Waals surface area contributed by atoms with Gasteiger partial charge in [-0.05, 0) is 52.1 Å². The molecular formula is C18H21N5O2S2. The molecule has 0 bridgehead atoms. The molecule has 0 aliphatic heterocycles. The van der Waals surface area contributed by atoms with Gasteiger partial charge in [-0.1, -0.05) is 31.7 Å². The molecule has 1 amide bonds. The number of hydrogen-bond acceptors (Lipinski definition) is 7. The molecular weight excluding hydrogens is 382 g/mol. The van der Waals surface area contributed by atoms with Crippen molar-refractivity contribution < 1.29 is 9.53 Å². The van der Waals surface area contributed by atoms with Crippen LogP contribution in [0.15, 0.2) is 46.9 Å². The number of thioether (sulfide) groups is 1. The highest BCUT2D eigenvalue weighted by molar-refractivity contribution is 8.00. The van der Waals surface area contributed by atoms with Crippen molar-refractivity contribution in [1.29, 1.82) is 0 Å². The second-order valence-electron chi connectivity index (χ2n) is 6.20. The van der Waals surface area contributed by atoms with Crippen molar-refractivity contribution in [2.24, 2.45) is 5.92 Å². The summed E-state index contributed by atoms with van der Waals surface area (Å²) < 4.78 is 6.87. The van der Waals surface area contributed by atoms with Crippen molar-refractivity contribution in [3.05, 3.63) is 46.7 Å². The Hall–Kier alpha value is -2.39. The highest BCUT2D eigenvalue weighted by Gasteiger charge is 2.26. The Morgan fingerprint density at radius 1 is 1.30 bits per heavy atom. The number of amides is 1. The van der Waals surface area contributed by atoms with Crippen LogP contribution in [0.2, 0.25) is 0 Å². The van der Waals surface area contributed by atoms with Gasteiger partial charge >= 0.3 is 0 Å². The summed E-state index contributed by atoms with van der Waals surface area (Å²) in [5, 5.41) is 17.2. The highest BCUT2D eigenvalue weighted by atomic mass is 32.2. The van der Waals surface area contributed by atoms with E-state index < -0.39 is 0 Å². The minimum atomic E-state index is -0.319. The van der Waals surface area contributed by atoms with Gasteiger partial charge in [0.2, 0.25) is 11.1 Å². The molecule has 0 radical (unpaired) electrons. The Morgan fingerprint density at radius 2 is 2.07 bits per heavy atom. The Bertz CT molecular complexity index is 862. The SMILES string of the molecule is COc1ccc(NC(=O)C(Sc2nnnn2Cc2cccs2)C(C)C)cc1. The normalized spacial score (nSPS) is 12.1. The van der Waals surface area contributed by atoms with Crippen molar-refractivity contribution in [2.75, 3.05) is 12.4 Å². The first-order valence-corrected chi connectivity index (χ1v) is 10.2. The van der Waals surface area contributed by atoms with Crippen LogP contribution >= 0.6 is 23.1 Å². The maximum Gasteiger partial charge on any atom is 0.238 e. The number of anilines is 1. The fraction of sp³-hybridized carbons (Fsp3) is 0.333. The summed E-state index contributed by atoms with van der Waals surface area (Å²) in [5.74, 6) is 0.779. The number of aromatic nitrogens is 4. The fourth-order valence-corrected chi connectivity index (χ4v) is 4.08. The highest BCUT2D eigenvalue weighted by Crippen LogP contribution is 2.28. The van der Waals surface area contributed by atoms with Gasteiger partial charge in [0, 0.05) is 10.6 Å². The Balaban J connectivity index is 1.70. The number of rotatable bonds is 8. The van der Waals surface area contributed by atoms with Crippen LogP contribution < -0.4 is 10.1 Å². The van der Waals surface area contributed by atoms with E-state index in [9.17, 15) is 4.79 Å². The molecule has 1 atom stereocenters. The first kappa shape index (κ1) is 19.4. The Morgan fingerprint density at radius 3 is 2.70 bits per heavy atom. The van der Waals surface area contributed by atoms with Gasteiger partial charge in [0.1, 0.15) is 5.75 Å². The van der Waals surface area contributed by atoms with Crippen molar-refractivity contribution in [2.45, 2.75) is 30.8 Å². The number of nitrogens with one attached hydrogen (secondary N) is 1. The van der Waals surface area contributed by atoms with Gasteiger partial charge in [-0.25, -0.2) is 4.68 Å². The van der Waals surface area contributed by atoms with Gasteiger partial charge in [0.25, 0.3) is 0 Å². The number of carbonyl (C=O) groups excluding carboxylic acids is 1. The summed E-state index contributed by atoms with van der Waals surface area (Å²) in [7, 11) is 1.61. The number of hydrogen-bond donors (Lipinski definition) is 1. The predicted octanol–water partition coefficient (Wildman–Crippen LogP) is 3.55. The first-order chi connectivity index (χ1) is 13.1. The molecule has 3 rings (SSSR count). The number of methoxy groups -OCH3 is 1. The predicted molar refractivity (Wildman–Crippen MR) is 107 cm³/mol. The summed E-state index contributed by atoms with van der Waals surface area (Å²) in [4.78, 5) is 14.0. The van der Waals surface area contributed by atoms with Crippen molar-refractivity contribution in [3.63, 3.8) is 0 Å². The number of tetrazole rings is 1. The van der Waals surface area contributed by atoms with E-state index >= 15 is 0 Å². The minimum Gasteiger partial charge on any atom is -0.497 e. The van der Waals surface area contributed by atoms with Crippen LogP contribution in [0.5, 0.6) is 5.75 Å². The second kappa shape index (κ2) is 9.01. The number of thiophene rings is 1. The molecule has 9 heteroatoms. The average molecular weight is 404 g/mol. The Labute approximate surface area is 166 Å². The Kier molecular flexibility index (Phi) is 6.46. The smallest absolute Gasteiger partial charge is 0.238 e. The summed E-state index contributed by atoms with van der Waals surface area (Å²) in [6, 6.07) is 11.3. The van der Waals surface area contributed by atoms with E-state index in [-0.39, 0.29) is 17.1 Å². The van der Waals surface area contributed by atoms with E-state index in [0.717, 1.165) is 16.3 Å². The lowest BCUT2D eigenvalue weighted by molar-refractivity contribution is -0.116. The molecule has 0 spiro atoms. The van der Waals surface area contributed by atoms with Crippen LogP contribution in [0.4, 0.5) is 5.69 Å². The van der Waals surface area contributed by atoms with Crippen LogP contribution in [0.25, 0.3) is 0 Å². The summed E-state index contributed by atoms with van der Waals surface area (Å²) in [6.45, 7) is 4.62. The largest absolute Gasteiger partial charge is 0.497 e. The van der Waals surface area contributed by atoms with Crippen molar-refractivity contribution in [3.8, 4) is 5.75 Å². The third-order valence-electron chi connectivity index (χ3n) is 3.84. The van der Waals surface area contributed by atoms with E-state index in [1.54, 1.807) is 23.1 Å². The van der Waals surface area contributed by atoms with Crippen LogP contribution in [-0.4, -0.2) is 38.5 Å². The van der Waals surface area contributed by atoms with Gasteiger partial charge in [-0.2, -0.15) is 0 Å². The molecule has 1 unspecified atom stereocenters. The molecule has 0 fully saturated rings. The van der Waals surface area contributed by atoms with Crippen LogP contribution in [0.1, 0.15) is 18.7 Å². The van der Waals surface area contributed by atoms with Gasteiger partial charge < -0.3 is 10.1 Å². The zero-order valence-corrected chi connectivity index (χ0v) is 17.0. The minimum absolute atomic E-state index is 0.0779. The number of nitrogens with zero attached hydrogens (tertiary/aromatic N) is 4.